The van der Waals surface area contributed by atoms with E-state index < -0.39 is 0 Å². The summed E-state index contributed by atoms with van der Waals surface area (Å²) in [6, 6.07) is 9.61. The van der Waals surface area contributed by atoms with Gasteiger partial charge in [0.25, 0.3) is 0 Å². The van der Waals surface area contributed by atoms with Gasteiger partial charge in [-0.2, -0.15) is 0 Å². The molecule has 2 heterocycles. The minimum atomic E-state index is 0.0786. The lowest BCUT2D eigenvalue weighted by atomic mass is 10.2. The average Bonchev–Trinajstić information content (AvgIpc) is 3.06. The Morgan fingerprint density at radius 3 is 3.05 bits per heavy atom. The number of amides is 1. The van der Waals surface area contributed by atoms with Crippen LogP contribution in [-0.2, 0) is 11.2 Å². The highest BCUT2D eigenvalue weighted by Gasteiger charge is 2.45. The molecule has 1 N–H and O–H groups in total. The fraction of sp³-hybridized carbons (Fsp3) is 0.333. The van der Waals surface area contributed by atoms with Crippen LogP contribution in [0.1, 0.15) is 23.8 Å². The van der Waals surface area contributed by atoms with Gasteiger partial charge in [-0.3, -0.25) is 9.78 Å². The Kier molecular flexibility index (Phi) is 3.31. The number of nitrogens with zero attached hydrogens (tertiary/aromatic N) is 1. The van der Waals surface area contributed by atoms with Gasteiger partial charge in [0, 0.05) is 36.7 Å². The predicted octanol–water partition coefficient (Wildman–Crippen LogP) is 2.14. The van der Waals surface area contributed by atoms with Gasteiger partial charge in [-0.25, -0.2) is 0 Å². The number of rotatable bonds is 5. The normalized spacial score (nSPS) is 21.1. The number of hydrogen-bond donors (Lipinski definition) is 1. The second kappa shape index (κ2) is 5.26. The maximum atomic E-state index is 11.9. The molecule has 4 heteroatoms. The first kappa shape index (κ1) is 12.0. The Labute approximate surface area is 111 Å². The van der Waals surface area contributed by atoms with Crippen molar-refractivity contribution in [3.05, 3.63) is 54.2 Å². The van der Waals surface area contributed by atoms with E-state index in [0.717, 1.165) is 24.3 Å². The summed E-state index contributed by atoms with van der Waals surface area (Å²) in [5.74, 6) is 1.39. The molecule has 0 aromatic carbocycles. The smallest absolute Gasteiger partial charge is 0.223 e. The summed E-state index contributed by atoms with van der Waals surface area (Å²) in [7, 11) is 0. The number of carbonyl (C=O) groups is 1. The molecule has 2 aromatic rings. The highest BCUT2D eigenvalue weighted by Crippen LogP contribution is 2.47. The topological polar surface area (TPSA) is 55.1 Å². The van der Waals surface area contributed by atoms with Gasteiger partial charge in [-0.05, 0) is 30.7 Å². The lowest BCUT2D eigenvalue weighted by Crippen LogP contribution is -2.27. The second-order valence-corrected chi connectivity index (χ2v) is 4.83. The summed E-state index contributed by atoms with van der Waals surface area (Å²) in [6.07, 6.45) is 5.09. The van der Waals surface area contributed by atoms with Crippen molar-refractivity contribution < 1.29 is 9.21 Å². The summed E-state index contributed by atoms with van der Waals surface area (Å²) in [4.78, 5) is 16.2. The molecule has 1 aliphatic carbocycles. The Morgan fingerprint density at radius 2 is 2.32 bits per heavy atom. The van der Waals surface area contributed by atoms with Gasteiger partial charge < -0.3 is 9.73 Å². The van der Waals surface area contributed by atoms with E-state index in [2.05, 4.69) is 10.3 Å². The molecule has 1 amide bonds. The molecule has 98 valence electrons. The van der Waals surface area contributed by atoms with E-state index in [0.29, 0.717) is 6.54 Å². The number of carbonyl (C=O) groups excluding carboxylic acids is 1. The van der Waals surface area contributed by atoms with Crippen LogP contribution in [0.5, 0.6) is 0 Å². The lowest BCUT2D eigenvalue weighted by Gasteiger charge is -2.04. The van der Waals surface area contributed by atoms with Crippen LogP contribution >= 0.6 is 0 Å². The Bertz CT molecular complexity index is 537. The largest absolute Gasteiger partial charge is 0.469 e. The van der Waals surface area contributed by atoms with Crippen molar-refractivity contribution in [2.75, 3.05) is 6.54 Å². The van der Waals surface area contributed by atoms with Gasteiger partial charge in [0.15, 0.2) is 0 Å². The zero-order valence-corrected chi connectivity index (χ0v) is 10.6. The van der Waals surface area contributed by atoms with Crippen molar-refractivity contribution in [3.8, 4) is 0 Å². The quantitative estimate of drug-likeness (QED) is 0.891. The minimum Gasteiger partial charge on any atom is -0.469 e. The first-order valence-corrected chi connectivity index (χ1v) is 6.55. The highest BCUT2D eigenvalue weighted by molar-refractivity contribution is 5.82. The van der Waals surface area contributed by atoms with Gasteiger partial charge >= 0.3 is 0 Å². The van der Waals surface area contributed by atoms with E-state index in [4.69, 9.17) is 4.42 Å². The molecule has 1 fully saturated rings. The fourth-order valence-electron chi connectivity index (χ4n) is 2.29. The Balaban J connectivity index is 1.43. The van der Waals surface area contributed by atoms with Crippen LogP contribution in [-0.4, -0.2) is 17.4 Å². The first-order chi connectivity index (χ1) is 9.34. The zero-order chi connectivity index (χ0) is 13.1. The highest BCUT2D eigenvalue weighted by atomic mass is 16.3. The van der Waals surface area contributed by atoms with Gasteiger partial charge in [0.2, 0.25) is 5.91 Å². The van der Waals surface area contributed by atoms with Crippen molar-refractivity contribution in [1.82, 2.24) is 10.3 Å². The van der Waals surface area contributed by atoms with Crippen LogP contribution in [0.15, 0.2) is 47.2 Å². The summed E-state index contributed by atoms with van der Waals surface area (Å²) in [5, 5.41) is 2.96. The maximum absolute atomic E-state index is 11.9. The van der Waals surface area contributed by atoms with E-state index in [9.17, 15) is 4.79 Å². The lowest BCUT2D eigenvalue weighted by molar-refractivity contribution is -0.122. The third-order valence-corrected chi connectivity index (χ3v) is 3.44. The number of furan rings is 1. The van der Waals surface area contributed by atoms with Gasteiger partial charge in [0.05, 0.1) is 6.26 Å². The number of pyridine rings is 1. The molecule has 0 spiro atoms. The van der Waals surface area contributed by atoms with Crippen LogP contribution in [0, 0.1) is 5.92 Å². The summed E-state index contributed by atoms with van der Waals surface area (Å²) in [6.45, 7) is 0.636. The zero-order valence-electron chi connectivity index (χ0n) is 10.6. The summed E-state index contributed by atoms with van der Waals surface area (Å²) in [5.41, 5.74) is 1.00. The van der Waals surface area contributed by atoms with Gasteiger partial charge in [-0.1, -0.05) is 6.07 Å². The molecular weight excluding hydrogens is 240 g/mol. The average molecular weight is 256 g/mol. The van der Waals surface area contributed by atoms with Gasteiger partial charge in [-0.15, -0.1) is 0 Å². The van der Waals surface area contributed by atoms with Crippen molar-refractivity contribution in [3.63, 3.8) is 0 Å². The molecule has 1 saturated carbocycles. The van der Waals surface area contributed by atoms with Crippen LogP contribution in [0.3, 0.4) is 0 Å². The molecule has 2 aromatic heterocycles. The Hall–Kier alpha value is -2.10. The molecule has 3 rings (SSSR count). The second-order valence-electron chi connectivity index (χ2n) is 4.83. The number of aromatic nitrogens is 1. The third kappa shape index (κ3) is 2.84. The van der Waals surface area contributed by atoms with E-state index in [1.54, 1.807) is 12.5 Å². The standard InChI is InChI=1S/C15H16N2O2/c18-15(13-10-12(13)14-5-3-9-19-14)17-8-6-11-4-1-2-7-16-11/h1-5,7,9,12-13H,6,8,10H2,(H,17,18). The van der Waals surface area contributed by atoms with Crippen molar-refractivity contribution in [2.45, 2.75) is 18.8 Å². The van der Waals surface area contributed by atoms with E-state index in [1.807, 2.05) is 30.3 Å². The first-order valence-electron chi connectivity index (χ1n) is 6.55. The molecule has 0 aliphatic heterocycles. The SMILES string of the molecule is O=C(NCCc1ccccn1)C1CC1c1ccco1. The molecule has 0 bridgehead atoms. The molecule has 4 nitrogen and oxygen atoms in total. The molecule has 2 unspecified atom stereocenters. The van der Waals surface area contributed by atoms with Gasteiger partial charge in [0.1, 0.15) is 5.76 Å². The molecule has 1 aliphatic rings. The minimum absolute atomic E-state index is 0.0786. The van der Waals surface area contributed by atoms with E-state index in [-0.39, 0.29) is 17.7 Å². The Morgan fingerprint density at radius 1 is 1.37 bits per heavy atom. The predicted molar refractivity (Wildman–Crippen MR) is 70.5 cm³/mol. The van der Waals surface area contributed by atoms with E-state index in [1.165, 1.54) is 0 Å². The van der Waals surface area contributed by atoms with Crippen LogP contribution in [0.2, 0.25) is 0 Å². The molecule has 19 heavy (non-hydrogen) atoms. The molecule has 0 radical (unpaired) electrons. The molecule has 0 saturated heterocycles. The number of hydrogen-bond acceptors (Lipinski definition) is 3. The van der Waals surface area contributed by atoms with Crippen molar-refractivity contribution in [1.29, 1.82) is 0 Å². The maximum Gasteiger partial charge on any atom is 0.223 e. The third-order valence-electron chi connectivity index (χ3n) is 3.44. The van der Waals surface area contributed by atoms with Crippen LogP contribution in [0.4, 0.5) is 0 Å². The van der Waals surface area contributed by atoms with Crippen molar-refractivity contribution in [2.24, 2.45) is 5.92 Å². The number of nitrogens with one attached hydrogen (secondary N) is 1. The van der Waals surface area contributed by atoms with Crippen molar-refractivity contribution >= 4 is 5.91 Å². The summed E-state index contributed by atoms with van der Waals surface area (Å²) < 4.78 is 5.32. The molecular formula is C15H16N2O2. The van der Waals surface area contributed by atoms with Crippen LogP contribution in [0.25, 0.3) is 0 Å². The monoisotopic (exact) mass is 256 g/mol. The van der Waals surface area contributed by atoms with Crippen LogP contribution < -0.4 is 5.32 Å². The van der Waals surface area contributed by atoms with E-state index >= 15 is 0 Å². The summed E-state index contributed by atoms with van der Waals surface area (Å²) >= 11 is 0. The molecule has 2 atom stereocenters. The fourth-order valence-corrected chi connectivity index (χ4v) is 2.29.